The lowest BCUT2D eigenvalue weighted by Gasteiger charge is -2.29. The third-order valence-electron chi connectivity index (χ3n) is 3.37. The second-order valence-electron chi connectivity index (χ2n) is 4.63. The van der Waals surface area contributed by atoms with Crippen LogP contribution in [0.2, 0.25) is 5.02 Å². The average Bonchev–Trinajstić information content (AvgIpc) is 2.38. The number of nitrogens with zero attached hydrogens (tertiary/aromatic N) is 2. The Morgan fingerprint density at radius 1 is 1.16 bits per heavy atom. The fourth-order valence-corrected chi connectivity index (χ4v) is 3.70. The molecule has 0 unspecified atom stereocenters. The number of rotatable bonds is 1. The summed E-state index contributed by atoms with van der Waals surface area (Å²) in [5.74, 6) is 0.425. The summed E-state index contributed by atoms with van der Waals surface area (Å²) in [4.78, 5) is 6.39. The van der Waals surface area contributed by atoms with Gasteiger partial charge in [-0.05, 0) is 24.3 Å². The second kappa shape index (κ2) is 4.65. The third-order valence-corrected chi connectivity index (χ3v) is 5.21. The summed E-state index contributed by atoms with van der Waals surface area (Å²) in [6, 6.07) is 7.51. The minimum Gasteiger partial charge on any atom is -0.369 e. The normalized spacial score (nSPS) is 18.7. The Hall–Kier alpha value is -1.33. The maximum Gasteiger partial charge on any atom is 0.153 e. The van der Waals surface area contributed by atoms with Crippen molar-refractivity contribution in [2.45, 2.75) is 0 Å². The van der Waals surface area contributed by atoms with Gasteiger partial charge in [-0.2, -0.15) is 0 Å². The fourth-order valence-electron chi connectivity index (χ4n) is 2.34. The van der Waals surface area contributed by atoms with E-state index in [2.05, 4.69) is 9.88 Å². The molecule has 0 bridgehead atoms. The maximum atomic E-state index is 11.5. The van der Waals surface area contributed by atoms with Crippen LogP contribution in [-0.4, -0.2) is 38.0 Å². The van der Waals surface area contributed by atoms with E-state index in [1.807, 2.05) is 24.3 Å². The minimum absolute atomic E-state index is 0.213. The van der Waals surface area contributed by atoms with Crippen LogP contribution >= 0.6 is 11.6 Å². The van der Waals surface area contributed by atoms with Crippen LogP contribution in [0.1, 0.15) is 0 Å². The first-order valence-electron chi connectivity index (χ1n) is 6.05. The van der Waals surface area contributed by atoms with Crippen molar-refractivity contribution in [3.8, 4) is 0 Å². The molecule has 1 fully saturated rings. The first kappa shape index (κ1) is 12.7. The van der Waals surface area contributed by atoms with Gasteiger partial charge in [0.2, 0.25) is 0 Å². The third kappa shape index (κ3) is 2.53. The van der Waals surface area contributed by atoms with Gasteiger partial charge in [-0.15, -0.1) is 0 Å². The fraction of sp³-hybridized carbons (Fsp3) is 0.308. The van der Waals surface area contributed by atoms with Gasteiger partial charge in [-0.3, -0.25) is 4.98 Å². The molecule has 0 atom stereocenters. The molecule has 4 nitrogen and oxygen atoms in total. The monoisotopic (exact) mass is 296 g/mol. The van der Waals surface area contributed by atoms with Gasteiger partial charge in [0.1, 0.15) is 0 Å². The maximum absolute atomic E-state index is 11.5. The minimum atomic E-state index is -2.86. The van der Waals surface area contributed by atoms with E-state index >= 15 is 0 Å². The van der Waals surface area contributed by atoms with Gasteiger partial charge in [-0.1, -0.05) is 11.6 Å². The summed E-state index contributed by atoms with van der Waals surface area (Å²) < 4.78 is 23.0. The molecule has 0 spiro atoms. The Labute approximate surface area is 116 Å². The van der Waals surface area contributed by atoms with Gasteiger partial charge in [0.15, 0.2) is 9.84 Å². The topological polar surface area (TPSA) is 50.3 Å². The number of aromatic nitrogens is 1. The number of hydrogen-bond donors (Lipinski definition) is 0. The smallest absolute Gasteiger partial charge is 0.153 e. The summed E-state index contributed by atoms with van der Waals surface area (Å²) in [6.07, 6.45) is 1.73. The van der Waals surface area contributed by atoms with Crippen molar-refractivity contribution < 1.29 is 8.42 Å². The van der Waals surface area contributed by atoms with Crippen molar-refractivity contribution in [2.75, 3.05) is 29.5 Å². The molecular weight excluding hydrogens is 284 g/mol. The lowest BCUT2D eigenvalue weighted by Crippen LogP contribution is -2.40. The second-order valence-corrected chi connectivity index (χ2v) is 7.37. The highest BCUT2D eigenvalue weighted by molar-refractivity contribution is 7.91. The summed E-state index contributed by atoms with van der Waals surface area (Å²) in [5.41, 5.74) is 1.86. The average molecular weight is 297 g/mol. The van der Waals surface area contributed by atoms with Crippen LogP contribution < -0.4 is 4.90 Å². The Kier molecular flexibility index (Phi) is 3.11. The van der Waals surface area contributed by atoms with Crippen LogP contribution in [0, 0.1) is 0 Å². The Morgan fingerprint density at radius 3 is 2.63 bits per heavy atom. The predicted molar refractivity (Wildman–Crippen MR) is 77.6 cm³/mol. The van der Waals surface area contributed by atoms with E-state index in [4.69, 9.17) is 11.6 Å². The molecule has 0 N–H and O–H groups in total. The molecular formula is C13H13ClN2O2S. The van der Waals surface area contributed by atoms with E-state index in [1.165, 1.54) is 0 Å². The van der Waals surface area contributed by atoms with Gasteiger partial charge in [0.05, 0.1) is 17.0 Å². The van der Waals surface area contributed by atoms with E-state index in [9.17, 15) is 8.42 Å². The van der Waals surface area contributed by atoms with Gasteiger partial charge >= 0.3 is 0 Å². The molecule has 2 aromatic rings. The van der Waals surface area contributed by atoms with Crippen molar-refractivity contribution in [1.29, 1.82) is 0 Å². The van der Waals surface area contributed by atoms with Crippen molar-refractivity contribution in [1.82, 2.24) is 4.98 Å². The Bertz CT molecular complexity index is 717. The summed E-state index contributed by atoms with van der Waals surface area (Å²) in [7, 11) is -2.86. The standard InChI is InChI=1S/C13H13ClN2O2S/c14-10-1-2-11-12(9-10)15-4-3-13(11)16-5-7-19(17,18)8-6-16/h1-4,9H,5-8H2. The molecule has 3 rings (SSSR count). The molecule has 1 aliphatic heterocycles. The van der Waals surface area contributed by atoms with Crippen molar-refractivity contribution in [2.24, 2.45) is 0 Å². The molecule has 0 radical (unpaired) electrons. The number of hydrogen-bond acceptors (Lipinski definition) is 4. The number of pyridine rings is 1. The molecule has 100 valence electrons. The first-order chi connectivity index (χ1) is 9.05. The highest BCUT2D eigenvalue weighted by Gasteiger charge is 2.22. The number of fused-ring (bicyclic) bond motifs is 1. The van der Waals surface area contributed by atoms with E-state index in [-0.39, 0.29) is 11.5 Å². The molecule has 1 aromatic heterocycles. The van der Waals surface area contributed by atoms with E-state index in [0.29, 0.717) is 18.1 Å². The van der Waals surface area contributed by atoms with Crippen LogP contribution in [0.5, 0.6) is 0 Å². The zero-order chi connectivity index (χ0) is 13.5. The van der Waals surface area contributed by atoms with Crippen molar-refractivity contribution >= 4 is 38.0 Å². The highest BCUT2D eigenvalue weighted by atomic mass is 35.5. The number of benzene rings is 1. The van der Waals surface area contributed by atoms with Crippen LogP contribution in [0.15, 0.2) is 30.5 Å². The van der Waals surface area contributed by atoms with Crippen LogP contribution in [-0.2, 0) is 9.84 Å². The molecule has 1 saturated heterocycles. The van der Waals surface area contributed by atoms with Gasteiger partial charge in [0, 0.05) is 35.4 Å². The van der Waals surface area contributed by atoms with E-state index in [1.54, 1.807) is 6.20 Å². The molecule has 19 heavy (non-hydrogen) atoms. The van der Waals surface area contributed by atoms with Crippen molar-refractivity contribution in [3.63, 3.8) is 0 Å². The molecule has 0 saturated carbocycles. The van der Waals surface area contributed by atoms with Crippen LogP contribution in [0.25, 0.3) is 10.9 Å². The van der Waals surface area contributed by atoms with Crippen molar-refractivity contribution in [3.05, 3.63) is 35.5 Å². The quantitative estimate of drug-likeness (QED) is 0.809. The largest absolute Gasteiger partial charge is 0.369 e. The van der Waals surface area contributed by atoms with E-state index in [0.717, 1.165) is 16.6 Å². The van der Waals surface area contributed by atoms with E-state index < -0.39 is 9.84 Å². The molecule has 2 heterocycles. The van der Waals surface area contributed by atoms with Gasteiger partial charge in [-0.25, -0.2) is 8.42 Å². The lowest BCUT2D eigenvalue weighted by molar-refractivity contribution is 0.587. The Balaban J connectivity index is 2.02. The molecule has 6 heteroatoms. The molecule has 0 amide bonds. The molecule has 0 aliphatic carbocycles. The number of sulfone groups is 1. The molecule has 1 aliphatic rings. The Morgan fingerprint density at radius 2 is 1.89 bits per heavy atom. The highest BCUT2D eigenvalue weighted by Crippen LogP contribution is 2.28. The number of anilines is 1. The number of halogens is 1. The predicted octanol–water partition coefficient (Wildman–Crippen LogP) is 2.12. The first-order valence-corrected chi connectivity index (χ1v) is 8.25. The van der Waals surface area contributed by atoms with Gasteiger partial charge in [0.25, 0.3) is 0 Å². The van der Waals surface area contributed by atoms with Gasteiger partial charge < -0.3 is 4.90 Å². The summed E-state index contributed by atoms with van der Waals surface area (Å²) in [6.45, 7) is 1.06. The van der Waals surface area contributed by atoms with Crippen LogP contribution in [0.4, 0.5) is 5.69 Å². The SMILES string of the molecule is O=S1(=O)CCN(c2ccnc3cc(Cl)ccc23)CC1. The lowest BCUT2D eigenvalue weighted by atomic mass is 10.1. The zero-order valence-electron chi connectivity index (χ0n) is 10.2. The van der Waals surface area contributed by atoms with Crippen LogP contribution in [0.3, 0.4) is 0 Å². The summed E-state index contributed by atoms with van der Waals surface area (Å²) in [5, 5.41) is 1.66. The summed E-state index contributed by atoms with van der Waals surface area (Å²) >= 11 is 5.96. The zero-order valence-corrected chi connectivity index (χ0v) is 11.8. The molecule has 1 aromatic carbocycles.